The van der Waals surface area contributed by atoms with Gasteiger partial charge in [0.1, 0.15) is 11.5 Å². The van der Waals surface area contributed by atoms with Crippen molar-refractivity contribution in [2.75, 3.05) is 19.0 Å². The van der Waals surface area contributed by atoms with Crippen LogP contribution in [0, 0.1) is 0 Å². The molecular weight excluding hydrogens is 254 g/mol. The van der Waals surface area contributed by atoms with Crippen LogP contribution in [0.25, 0.3) is 16.9 Å². The van der Waals surface area contributed by atoms with Crippen LogP contribution in [-0.2, 0) is 4.79 Å². The molecular formula is C16H17NO3. The van der Waals surface area contributed by atoms with Gasteiger partial charge in [-0.2, -0.15) is 0 Å². The Morgan fingerprint density at radius 1 is 1.25 bits per heavy atom. The molecule has 0 spiro atoms. The number of hydrogen-bond donors (Lipinski definition) is 1. The van der Waals surface area contributed by atoms with Crippen molar-refractivity contribution in [3.8, 4) is 11.3 Å². The predicted molar refractivity (Wildman–Crippen MR) is 79.8 cm³/mol. The minimum Gasteiger partial charge on any atom is -0.478 e. The third kappa shape index (κ3) is 3.09. The van der Waals surface area contributed by atoms with Gasteiger partial charge in [-0.25, -0.2) is 4.79 Å². The van der Waals surface area contributed by atoms with Gasteiger partial charge in [0.05, 0.1) is 0 Å². The molecule has 4 nitrogen and oxygen atoms in total. The fourth-order valence-corrected chi connectivity index (χ4v) is 1.90. The lowest BCUT2D eigenvalue weighted by Gasteiger charge is -2.12. The van der Waals surface area contributed by atoms with Crippen molar-refractivity contribution in [2.45, 2.75) is 6.92 Å². The molecule has 1 heterocycles. The van der Waals surface area contributed by atoms with Crippen LogP contribution in [0.5, 0.6) is 0 Å². The molecule has 0 unspecified atom stereocenters. The second kappa shape index (κ2) is 5.65. The highest BCUT2D eigenvalue weighted by Crippen LogP contribution is 2.28. The molecule has 104 valence electrons. The Hall–Kier alpha value is -2.49. The van der Waals surface area contributed by atoms with Gasteiger partial charge in [0.2, 0.25) is 0 Å². The molecule has 0 atom stereocenters. The van der Waals surface area contributed by atoms with E-state index in [0.717, 1.165) is 23.1 Å². The van der Waals surface area contributed by atoms with Crippen LogP contribution in [0.1, 0.15) is 12.7 Å². The number of carboxylic acids is 1. The number of nitrogens with zero attached hydrogens (tertiary/aromatic N) is 1. The number of anilines is 1. The first-order valence-electron chi connectivity index (χ1n) is 6.26. The maximum atomic E-state index is 10.7. The van der Waals surface area contributed by atoms with Crippen molar-refractivity contribution in [1.29, 1.82) is 0 Å². The maximum Gasteiger partial charge on any atom is 0.328 e. The molecule has 0 fully saturated rings. The number of carbonyl (C=O) groups is 1. The molecule has 4 heteroatoms. The van der Waals surface area contributed by atoms with Crippen molar-refractivity contribution in [3.05, 3.63) is 48.2 Å². The molecule has 0 saturated heterocycles. The number of furan rings is 1. The highest BCUT2D eigenvalue weighted by atomic mass is 16.4. The summed E-state index contributed by atoms with van der Waals surface area (Å²) in [6.07, 6.45) is 1.14. The van der Waals surface area contributed by atoms with Crippen molar-refractivity contribution in [3.63, 3.8) is 0 Å². The lowest BCUT2D eigenvalue weighted by atomic mass is 10.1. The van der Waals surface area contributed by atoms with Gasteiger partial charge in [-0.1, -0.05) is 12.1 Å². The van der Waals surface area contributed by atoms with Crippen LogP contribution in [0.4, 0.5) is 5.69 Å². The van der Waals surface area contributed by atoms with Crippen molar-refractivity contribution < 1.29 is 14.3 Å². The summed E-state index contributed by atoms with van der Waals surface area (Å²) in [6, 6.07) is 11.6. The Morgan fingerprint density at radius 2 is 2.00 bits per heavy atom. The second-order valence-corrected chi connectivity index (χ2v) is 4.77. The predicted octanol–water partition coefficient (Wildman–Crippen LogP) is 3.50. The Morgan fingerprint density at radius 3 is 2.65 bits per heavy atom. The van der Waals surface area contributed by atoms with E-state index in [4.69, 9.17) is 9.52 Å². The zero-order chi connectivity index (χ0) is 14.7. The van der Waals surface area contributed by atoms with Crippen LogP contribution >= 0.6 is 0 Å². The highest BCUT2D eigenvalue weighted by molar-refractivity contribution is 5.88. The molecule has 1 aromatic carbocycles. The van der Waals surface area contributed by atoms with E-state index in [1.54, 1.807) is 13.0 Å². The summed E-state index contributed by atoms with van der Waals surface area (Å²) in [6.45, 7) is 1.72. The number of benzene rings is 1. The number of carboxylic acid groups (broad SMARTS) is 1. The summed E-state index contributed by atoms with van der Waals surface area (Å²) < 4.78 is 5.72. The van der Waals surface area contributed by atoms with E-state index in [1.807, 2.05) is 49.3 Å². The first kappa shape index (κ1) is 13.9. The Bertz CT molecular complexity index is 653. The molecule has 0 bridgehead atoms. The van der Waals surface area contributed by atoms with Gasteiger partial charge in [0, 0.05) is 31.4 Å². The highest BCUT2D eigenvalue weighted by Gasteiger charge is 2.08. The molecule has 2 aromatic rings. The van der Waals surface area contributed by atoms with E-state index >= 15 is 0 Å². The largest absolute Gasteiger partial charge is 0.478 e. The number of hydrogen-bond acceptors (Lipinski definition) is 3. The van der Waals surface area contributed by atoms with Gasteiger partial charge in [-0.15, -0.1) is 0 Å². The smallest absolute Gasteiger partial charge is 0.328 e. The molecule has 2 rings (SSSR count). The average molecular weight is 271 g/mol. The second-order valence-electron chi connectivity index (χ2n) is 4.77. The van der Waals surface area contributed by atoms with Gasteiger partial charge in [-0.3, -0.25) is 0 Å². The standard InChI is InChI=1S/C16H17NO3/c1-11(9-16(18)19)14-7-8-15(20-14)12-5-4-6-13(10-12)17(2)3/h4-10H,1-3H3,(H,18,19)/b11-9+. The van der Waals surface area contributed by atoms with Crippen molar-refractivity contribution in [1.82, 2.24) is 0 Å². The lowest BCUT2D eigenvalue weighted by Crippen LogP contribution is -2.08. The number of aliphatic carboxylic acids is 1. The van der Waals surface area contributed by atoms with Gasteiger partial charge < -0.3 is 14.4 Å². The summed E-state index contributed by atoms with van der Waals surface area (Å²) in [5, 5.41) is 8.74. The number of rotatable bonds is 4. The summed E-state index contributed by atoms with van der Waals surface area (Å²) in [5.74, 6) is 0.314. The third-order valence-electron chi connectivity index (χ3n) is 2.98. The molecule has 1 N–H and O–H groups in total. The Labute approximate surface area is 117 Å². The van der Waals surface area contributed by atoms with Crippen LogP contribution in [-0.4, -0.2) is 25.2 Å². The topological polar surface area (TPSA) is 53.7 Å². The maximum absolute atomic E-state index is 10.7. The number of allylic oxidation sites excluding steroid dienone is 1. The summed E-state index contributed by atoms with van der Waals surface area (Å²) in [5.41, 5.74) is 2.64. The summed E-state index contributed by atoms with van der Waals surface area (Å²) >= 11 is 0. The van der Waals surface area contributed by atoms with Crippen LogP contribution in [0.15, 0.2) is 46.9 Å². The lowest BCUT2D eigenvalue weighted by molar-refractivity contribution is -0.131. The molecule has 0 radical (unpaired) electrons. The van der Waals surface area contributed by atoms with Crippen molar-refractivity contribution in [2.24, 2.45) is 0 Å². The fourth-order valence-electron chi connectivity index (χ4n) is 1.90. The minimum absolute atomic E-state index is 0.567. The van der Waals surface area contributed by atoms with Gasteiger partial charge in [0.25, 0.3) is 0 Å². The zero-order valence-corrected chi connectivity index (χ0v) is 11.8. The molecule has 0 saturated carbocycles. The molecule has 1 aromatic heterocycles. The Balaban J connectivity index is 2.34. The van der Waals surface area contributed by atoms with Crippen LogP contribution < -0.4 is 4.90 Å². The van der Waals surface area contributed by atoms with Gasteiger partial charge in [0.15, 0.2) is 0 Å². The zero-order valence-electron chi connectivity index (χ0n) is 11.8. The molecule has 20 heavy (non-hydrogen) atoms. The summed E-state index contributed by atoms with van der Waals surface area (Å²) in [7, 11) is 3.96. The monoisotopic (exact) mass is 271 g/mol. The van der Waals surface area contributed by atoms with E-state index in [0.29, 0.717) is 11.3 Å². The van der Waals surface area contributed by atoms with Gasteiger partial charge >= 0.3 is 5.97 Å². The first-order valence-corrected chi connectivity index (χ1v) is 6.26. The minimum atomic E-state index is -0.977. The molecule has 0 amide bonds. The Kier molecular flexibility index (Phi) is 3.94. The SMILES string of the molecule is C/C(=C\C(=O)O)c1ccc(-c2cccc(N(C)C)c2)o1. The van der Waals surface area contributed by atoms with E-state index in [1.165, 1.54) is 0 Å². The van der Waals surface area contributed by atoms with E-state index in [2.05, 4.69) is 0 Å². The van der Waals surface area contributed by atoms with Crippen LogP contribution in [0.2, 0.25) is 0 Å². The first-order chi connectivity index (χ1) is 9.47. The fraction of sp³-hybridized carbons (Fsp3) is 0.188. The third-order valence-corrected chi connectivity index (χ3v) is 2.98. The van der Waals surface area contributed by atoms with Crippen molar-refractivity contribution >= 4 is 17.2 Å². The molecule has 0 aliphatic heterocycles. The molecule has 0 aliphatic rings. The van der Waals surface area contributed by atoms with Gasteiger partial charge in [-0.05, 0) is 36.8 Å². The van der Waals surface area contributed by atoms with E-state index < -0.39 is 5.97 Å². The quantitative estimate of drug-likeness (QED) is 0.865. The van der Waals surface area contributed by atoms with E-state index in [9.17, 15) is 4.79 Å². The summed E-state index contributed by atoms with van der Waals surface area (Å²) in [4.78, 5) is 12.7. The normalized spacial score (nSPS) is 11.4. The molecule has 0 aliphatic carbocycles. The van der Waals surface area contributed by atoms with Crippen LogP contribution in [0.3, 0.4) is 0 Å². The van der Waals surface area contributed by atoms with E-state index in [-0.39, 0.29) is 0 Å². The average Bonchev–Trinajstić information content (AvgIpc) is 2.87.